The number of esters is 1. The van der Waals surface area contributed by atoms with Crippen LogP contribution in [0.5, 0.6) is 28.9 Å². The molecule has 10 N–H and O–H groups in total. The van der Waals surface area contributed by atoms with Crippen LogP contribution < -0.4 is 61.3 Å². The van der Waals surface area contributed by atoms with Gasteiger partial charge in [-0.1, -0.05) is 92.2 Å². The van der Waals surface area contributed by atoms with Gasteiger partial charge >= 0.3 is 18.1 Å². The number of amides is 8. The van der Waals surface area contributed by atoms with Crippen LogP contribution in [0.15, 0.2) is 146 Å². The first-order valence-corrected chi connectivity index (χ1v) is 46.2. The van der Waals surface area contributed by atoms with E-state index in [1.165, 1.54) is 41.7 Å². The van der Waals surface area contributed by atoms with Crippen LogP contribution in [0, 0.1) is 18.7 Å². The Labute approximate surface area is 762 Å². The SMILES string of the molecule is COc1ccc(COC(=O)[C@@H](Cc2ccccc2OCc2ccnc(-c3ccccc3OC)n2)Oc2ncnc3sc(-c4ccc(F)cc4)c(-c4ccc(OCCN5CC[N+](C)(Cc6ccc(NC(=O)[C@H](CCCNC(N)=O)NC(=O)[C@@H](NC(=O)OC(C)(C)C)C(C)C)cc6CN(C)C(=O)[C@H](CCCCNC(=O)CS(=O)(=O)O)NC(=O)CS(=O)(=O)O)CC5)c(Cl)c4C)c23)cc1. The number of hydrogen-bond acceptors (Lipinski definition) is 25. The van der Waals surface area contributed by atoms with Gasteiger partial charge in [-0.3, -0.25) is 38.0 Å². The van der Waals surface area contributed by atoms with Crippen LogP contribution in [0.2, 0.25) is 5.02 Å². The standard InChI is InChI=1S/C90H108ClFN14O21S3/c1-55(2)79(103-89(114)127-90(4,5)6)83(110)102-68(21-17-38-96-88(93)113)82(109)100-63-31-28-60(61(46-63)48-104(7)86(111)69(101-75(108)53-130(118,119)120)20-15-16-37-94-74(107)52-129(115,116)117)49-106(8)43-40-105(41-44-106)42-45-123-72-35-34-66(56(3)78(72)91)76-77-84(97-54-98-85(77)128-80(76)58-26-29-62(92)30-27-58)126-73(87(112)125-50-57-24-32-65(121-9)33-25-57)47-59-18-11-13-22-70(59)124-51-64-36-39-95-81(99-64)67-19-12-14-23-71(67)122-10/h11-14,18-19,22-36,39,46,54-55,68-69,73,79H,15-17,20-21,37-38,40-45,47-53H2,1-10H3,(H9-,93,94,96,100,101,102,103,107,108,109,110,113,114,115,116,117,118,119,120)/p+1/t68-,69-,73+,79-/m0/s1. The number of urea groups is 1. The normalized spacial score (nSPS) is 13.7. The molecule has 696 valence electrons. The van der Waals surface area contributed by atoms with Crippen LogP contribution in [-0.2, 0) is 91.2 Å². The first-order valence-electron chi connectivity index (χ1n) is 41.8. The number of nitrogens with one attached hydrogen (secondary N) is 6. The molecule has 3 aromatic heterocycles. The Morgan fingerprint density at radius 2 is 1.40 bits per heavy atom. The Kier molecular flexibility index (Phi) is 35.2. The molecule has 0 unspecified atom stereocenters. The zero-order valence-electron chi connectivity index (χ0n) is 73.7. The maximum atomic E-state index is 14.8. The van der Waals surface area contributed by atoms with Gasteiger partial charge in [-0.25, -0.2) is 38.7 Å². The number of ether oxygens (including phenoxy) is 7. The number of likely N-dealkylation sites (N-methyl/N-ethyl adjacent to an activating group) is 2. The number of halogens is 2. The van der Waals surface area contributed by atoms with Gasteiger partial charge in [0.15, 0.2) is 17.3 Å². The van der Waals surface area contributed by atoms with Crippen molar-refractivity contribution in [3.8, 4) is 61.8 Å². The van der Waals surface area contributed by atoms with Gasteiger partial charge in [0.25, 0.3) is 20.2 Å². The maximum absolute atomic E-state index is 14.8. The molecule has 0 saturated carbocycles. The molecule has 1 saturated heterocycles. The molecule has 40 heteroatoms. The van der Waals surface area contributed by atoms with Crippen molar-refractivity contribution in [3.05, 3.63) is 190 Å². The van der Waals surface area contributed by atoms with E-state index in [0.29, 0.717) is 138 Å². The van der Waals surface area contributed by atoms with E-state index >= 15 is 0 Å². The van der Waals surface area contributed by atoms with Gasteiger partial charge < -0.3 is 80.2 Å². The predicted molar refractivity (Wildman–Crippen MR) is 485 cm³/mol. The molecule has 0 radical (unpaired) electrons. The number of unbranched alkanes of at least 4 members (excludes halogenated alkanes) is 1. The highest BCUT2D eigenvalue weighted by Crippen LogP contribution is 2.50. The third-order valence-electron chi connectivity index (χ3n) is 21.2. The molecule has 8 amide bonds. The maximum Gasteiger partial charge on any atom is 0.408 e. The number of hydrogen-bond donors (Lipinski definition) is 9. The van der Waals surface area contributed by atoms with Crippen LogP contribution in [0.3, 0.4) is 0 Å². The smallest absolute Gasteiger partial charge is 0.408 e. The van der Waals surface area contributed by atoms with Crippen molar-refractivity contribution in [2.45, 2.75) is 136 Å². The Morgan fingerprint density at radius 3 is 2.08 bits per heavy atom. The molecular formula is C90H109ClFN14O21S3+. The number of piperazine rings is 1. The van der Waals surface area contributed by atoms with Crippen LogP contribution in [0.1, 0.15) is 100 Å². The van der Waals surface area contributed by atoms with Crippen molar-refractivity contribution >= 4 is 107 Å². The third-order valence-corrected chi connectivity index (χ3v) is 24.0. The summed E-state index contributed by atoms with van der Waals surface area (Å²) in [7, 11) is -2.88. The molecule has 0 bridgehead atoms. The quantitative estimate of drug-likeness (QED) is 0.00741. The van der Waals surface area contributed by atoms with Crippen LogP contribution in [0.25, 0.3) is 43.2 Å². The van der Waals surface area contributed by atoms with Crippen LogP contribution >= 0.6 is 22.9 Å². The number of thiophene rings is 1. The zero-order valence-corrected chi connectivity index (χ0v) is 76.9. The summed E-state index contributed by atoms with van der Waals surface area (Å²) in [5.74, 6) is -6.07. The number of primary amides is 1. The Morgan fingerprint density at radius 1 is 0.715 bits per heavy atom. The summed E-state index contributed by atoms with van der Waals surface area (Å²) in [6.45, 7) is 13.2. The minimum absolute atomic E-state index is 0.0264. The highest BCUT2D eigenvalue weighted by atomic mass is 35.5. The lowest BCUT2D eigenvalue weighted by molar-refractivity contribution is -0.926. The molecule has 130 heavy (non-hydrogen) atoms. The summed E-state index contributed by atoms with van der Waals surface area (Å²) in [5, 5.41) is 16.2. The molecule has 35 nitrogen and oxygen atoms in total. The monoisotopic (exact) mass is 1870 g/mol. The number of quaternary nitrogens is 1. The van der Waals surface area contributed by atoms with Crippen molar-refractivity contribution in [3.63, 3.8) is 0 Å². The van der Waals surface area contributed by atoms with E-state index in [-0.39, 0.29) is 94.6 Å². The van der Waals surface area contributed by atoms with Crippen molar-refractivity contribution in [1.82, 2.24) is 56.3 Å². The van der Waals surface area contributed by atoms with E-state index in [2.05, 4.69) is 48.8 Å². The lowest BCUT2D eigenvalue weighted by Crippen LogP contribution is -2.57. The number of para-hydroxylation sites is 2. The molecule has 6 aromatic carbocycles. The highest BCUT2D eigenvalue weighted by molar-refractivity contribution is 7.86. The van der Waals surface area contributed by atoms with Gasteiger partial charge in [-0.15, -0.1) is 11.3 Å². The minimum atomic E-state index is -4.87. The average Bonchev–Trinajstić information content (AvgIpc) is 1.59. The number of benzene rings is 6. The summed E-state index contributed by atoms with van der Waals surface area (Å²) in [5.41, 5.74) is 10.9. The first-order chi connectivity index (χ1) is 61.7. The molecular weight excluding hydrogens is 1760 g/mol. The molecule has 10 rings (SSSR count). The molecule has 4 heterocycles. The number of methoxy groups -OCH3 is 2. The van der Waals surface area contributed by atoms with Crippen molar-refractivity contribution in [2.75, 3.05) is 97.6 Å². The van der Waals surface area contributed by atoms with E-state index in [4.69, 9.17) is 70.0 Å². The third kappa shape index (κ3) is 29.6. The van der Waals surface area contributed by atoms with Gasteiger partial charge in [0.05, 0.1) is 56.0 Å². The van der Waals surface area contributed by atoms with Gasteiger partial charge in [-0.2, -0.15) is 16.8 Å². The second-order valence-corrected chi connectivity index (χ2v) is 37.1. The van der Waals surface area contributed by atoms with Crippen molar-refractivity contribution < 1.29 is 106 Å². The summed E-state index contributed by atoms with van der Waals surface area (Å²) >= 11 is 8.73. The molecule has 0 aliphatic carbocycles. The second kappa shape index (κ2) is 45.8. The Bertz CT molecular complexity index is 5750. The average molecular weight is 1870 g/mol. The molecule has 1 aliphatic rings. The fraction of sp³-hybridized carbons (Fsp3) is 0.400. The number of fused-ring (bicyclic) bond motifs is 1. The number of carbonyl (C=O) groups excluding carboxylic acids is 8. The van der Waals surface area contributed by atoms with Gasteiger partial charge in [0.1, 0.15) is 90.1 Å². The molecule has 0 spiro atoms. The lowest BCUT2D eigenvalue weighted by atomic mass is 9.96. The zero-order chi connectivity index (χ0) is 94.2. The van der Waals surface area contributed by atoms with E-state index in [1.807, 2.05) is 55.5 Å². The predicted octanol–water partition coefficient (Wildman–Crippen LogP) is 10.2. The number of aromatic nitrogens is 4. The Balaban J connectivity index is 0.884. The number of nitrogens with zero attached hydrogens (tertiary/aromatic N) is 7. The molecule has 1 aliphatic heterocycles. The second-order valence-electron chi connectivity index (χ2n) is 32.8. The van der Waals surface area contributed by atoms with E-state index in [0.717, 1.165) is 5.56 Å². The van der Waals surface area contributed by atoms with Gasteiger partial charge in [0.2, 0.25) is 41.5 Å². The number of carbonyl (C=O) groups is 8. The lowest BCUT2D eigenvalue weighted by Gasteiger charge is -2.42. The summed E-state index contributed by atoms with van der Waals surface area (Å²) in [6.07, 6.45) is 0.910. The summed E-state index contributed by atoms with van der Waals surface area (Å²) in [4.78, 5) is 131. The number of rotatable bonds is 44. The van der Waals surface area contributed by atoms with Crippen LogP contribution in [-0.4, -0.2) is 230 Å². The highest BCUT2D eigenvalue weighted by Gasteiger charge is 2.36. The van der Waals surface area contributed by atoms with Gasteiger partial charge in [-0.05, 0) is 166 Å². The molecule has 9 aromatic rings. The number of anilines is 1. The van der Waals surface area contributed by atoms with Crippen molar-refractivity contribution in [1.29, 1.82) is 0 Å². The molecule has 4 atom stereocenters. The largest absolute Gasteiger partial charge is 0.497 e. The van der Waals surface area contributed by atoms with E-state index in [1.54, 1.807) is 128 Å². The van der Waals surface area contributed by atoms with E-state index in [9.17, 15) is 64.1 Å². The molecule has 1 fully saturated rings. The van der Waals surface area contributed by atoms with E-state index < -0.39 is 121 Å². The first kappa shape index (κ1) is 99.9. The number of alkyl carbamates (subject to hydrolysis) is 1. The van der Waals surface area contributed by atoms with Crippen LogP contribution in [0.4, 0.5) is 19.7 Å². The fourth-order valence-corrected chi connectivity index (χ4v) is 16.7. The topological polar surface area (TPSA) is 466 Å². The summed E-state index contributed by atoms with van der Waals surface area (Å²) in [6, 6.07) is 33.5. The fourth-order valence-electron chi connectivity index (χ4n) is 14.5. The van der Waals surface area contributed by atoms with Gasteiger partial charge in [0, 0.05) is 80.6 Å². The number of nitrogens with two attached hydrogens (primary N) is 1. The minimum Gasteiger partial charge on any atom is -0.497 e. The summed E-state index contributed by atoms with van der Waals surface area (Å²) < 4.78 is 123. The Hall–Kier alpha value is -12.2. The van der Waals surface area contributed by atoms with Crippen molar-refractivity contribution in [2.24, 2.45) is 11.7 Å².